The Kier molecular flexibility index (Phi) is 4.67. The van der Waals surface area contributed by atoms with Crippen LogP contribution < -0.4 is 5.32 Å². The van der Waals surface area contributed by atoms with Gasteiger partial charge in [0.25, 0.3) is 0 Å². The molecule has 0 aliphatic heterocycles. The molecule has 0 saturated heterocycles. The predicted octanol–water partition coefficient (Wildman–Crippen LogP) is 3.64. The molecule has 1 heterocycles. The van der Waals surface area contributed by atoms with Crippen LogP contribution in [0.2, 0.25) is 0 Å². The zero-order valence-corrected chi connectivity index (χ0v) is 12.0. The summed E-state index contributed by atoms with van der Waals surface area (Å²) in [5, 5.41) is 3.24. The van der Waals surface area contributed by atoms with E-state index in [0.29, 0.717) is 24.0 Å². The van der Waals surface area contributed by atoms with Crippen LogP contribution >= 0.6 is 0 Å². The second kappa shape index (κ2) is 6.30. The van der Waals surface area contributed by atoms with E-state index in [1.165, 1.54) is 18.3 Å². The fourth-order valence-electron chi connectivity index (χ4n) is 2.07. The fourth-order valence-corrected chi connectivity index (χ4v) is 2.07. The fraction of sp³-hybridized carbons (Fsp3) is 0.400. The van der Waals surface area contributed by atoms with Crippen molar-refractivity contribution in [1.82, 2.24) is 15.3 Å². The van der Waals surface area contributed by atoms with Crippen molar-refractivity contribution in [3.8, 4) is 11.3 Å². The maximum absolute atomic E-state index is 13.0. The molecule has 0 fully saturated rings. The minimum Gasteiger partial charge on any atom is -0.342 e. The van der Waals surface area contributed by atoms with Crippen molar-refractivity contribution >= 4 is 0 Å². The Hall–Kier alpha value is -1.82. The molecule has 2 rings (SSSR count). The van der Waals surface area contributed by atoms with Crippen molar-refractivity contribution in [1.29, 1.82) is 0 Å². The van der Waals surface area contributed by atoms with Crippen LogP contribution in [0.15, 0.2) is 30.5 Å². The highest BCUT2D eigenvalue weighted by atomic mass is 19.4. The number of hydrogen-bond acceptors (Lipinski definition) is 2. The summed E-state index contributed by atoms with van der Waals surface area (Å²) in [7, 11) is 0. The van der Waals surface area contributed by atoms with Crippen molar-refractivity contribution in [3.63, 3.8) is 0 Å². The Labute approximate surface area is 121 Å². The standard InChI is InChI=1S/C15H18F3N3/c1-10(2)19-8-7-14-20-9-13(21-14)11-5-3-4-6-12(11)15(16,17)18/h3-6,9-10,19H,7-8H2,1-2H3,(H,20,21). The SMILES string of the molecule is CC(C)NCCc1ncc(-c2ccccc2C(F)(F)F)[nH]1. The van der Waals surface area contributed by atoms with Crippen molar-refractivity contribution in [2.45, 2.75) is 32.5 Å². The molecule has 0 saturated carbocycles. The molecule has 0 spiro atoms. The van der Waals surface area contributed by atoms with Crippen LogP contribution in [-0.4, -0.2) is 22.6 Å². The van der Waals surface area contributed by atoms with Crippen LogP contribution in [0.25, 0.3) is 11.3 Å². The molecule has 1 aromatic heterocycles. The number of nitrogens with one attached hydrogen (secondary N) is 2. The Morgan fingerprint density at radius 1 is 1.24 bits per heavy atom. The maximum Gasteiger partial charge on any atom is 0.417 e. The van der Waals surface area contributed by atoms with Crippen LogP contribution in [0.1, 0.15) is 25.2 Å². The lowest BCUT2D eigenvalue weighted by Crippen LogP contribution is -2.25. The minimum atomic E-state index is -4.37. The first-order valence-electron chi connectivity index (χ1n) is 6.82. The second-order valence-electron chi connectivity index (χ2n) is 5.15. The molecule has 0 unspecified atom stereocenters. The molecule has 0 aliphatic carbocycles. The van der Waals surface area contributed by atoms with Gasteiger partial charge < -0.3 is 10.3 Å². The van der Waals surface area contributed by atoms with E-state index >= 15 is 0 Å². The minimum absolute atomic E-state index is 0.126. The Balaban J connectivity index is 2.18. The summed E-state index contributed by atoms with van der Waals surface area (Å²) in [4.78, 5) is 7.11. The van der Waals surface area contributed by atoms with E-state index < -0.39 is 11.7 Å². The number of hydrogen-bond donors (Lipinski definition) is 2. The van der Waals surface area contributed by atoms with Crippen molar-refractivity contribution in [2.75, 3.05) is 6.54 Å². The molecule has 0 bridgehead atoms. The molecule has 3 nitrogen and oxygen atoms in total. The molecule has 0 amide bonds. The zero-order chi connectivity index (χ0) is 15.5. The molecule has 21 heavy (non-hydrogen) atoms. The van der Waals surface area contributed by atoms with E-state index in [0.717, 1.165) is 12.6 Å². The summed E-state index contributed by atoms with van der Waals surface area (Å²) < 4.78 is 39.0. The van der Waals surface area contributed by atoms with Gasteiger partial charge in [0.1, 0.15) is 5.82 Å². The van der Waals surface area contributed by atoms with E-state index in [-0.39, 0.29) is 5.56 Å². The zero-order valence-electron chi connectivity index (χ0n) is 12.0. The van der Waals surface area contributed by atoms with Gasteiger partial charge in [0.05, 0.1) is 17.5 Å². The van der Waals surface area contributed by atoms with E-state index in [4.69, 9.17) is 0 Å². The van der Waals surface area contributed by atoms with Crippen LogP contribution in [0, 0.1) is 0 Å². The summed E-state index contributed by atoms with van der Waals surface area (Å²) in [6.45, 7) is 4.80. The summed E-state index contributed by atoms with van der Waals surface area (Å²) in [6.07, 6.45) is -2.28. The lowest BCUT2D eigenvalue weighted by molar-refractivity contribution is -0.137. The lowest BCUT2D eigenvalue weighted by Gasteiger charge is -2.11. The quantitative estimate of drug-likeness (QED) is 0.884. The first kappa shape index (κ1) is 15.6. The van der Waals surface area contributed by atoms with Crippen molar-refractivity contribution in [2.24, 2.45) is 0 Å². The van der Waals surface area contributed by atoms with Crippen LogP contribution in [0.5, 0.6) is 0 Å². The Bertz CT molecular complexity index is 588. The number of alkyl halides is 3. The third-order valence-electron chi connectivity index (χ3n) is 3.07. The average molecular weight is 297 g/mol. The highest BCUT2D eigenvalue weighted by Gasteiger charge is 2.33. The third kappa shape index (κ3) is 4.07. The third-order valence-corrected chi connectivity index (χ3v) is 3.07. The van der Waals surface area contributed by atoms with Gasteiger partial charge in [-0.1, -0.05) is 32.0 Å². The van der Waals surface area contributed by atoms with Gasteiger partial charge >= 0.3 is 6.18 Å². The Morgan fingerprint density at radius 2 is 1.95 bits per heavy atom. The number of nitrogens with zero attached hydrogens (tertiary/aromatic N) is 1. The first-order valence-corrected chi connectivity index (χ1v) is 6.82. The van der Waals surface area contributed by atoms with Crippen LogP contribution in [-0.2, 0) is 12.6 Å². The van der Waals surface area contributed by atoms with Crippen LogP contribution in [0.3, 0.4) is 0 Å². The molecule has 2 N–H and O–H groups in total. The second-order valence-corrected chi connectivity index (χ2v) is 5.15. The van der Waals surface area contributed by atoms with Gasteiger partial charge in [0.2, 0.25) is 0 Å². The van der Waals surface area contributed by atoms with Crippen LogP contribution in [0.4, 0.5) is 13.2 Å². The van der Waals surface area contributed by atoms with E-state index in [9.17, 15) is 13.2 Å². The number of halogens is 3. The van der Waals surface area contributed by atoms with Gasteiger partial charge in [-0.05, 0) is 6.07 Å². The largest absolute Gasteiger partial charge is 0.417 e. The molecular formula is C15H18F3N3. The topological polar surface area (TPSA) is 40.7 Å². The van der Waals surface area contributed by atoms with E-state index in [2.05, 4.69) is 15.3 Å². The molecule has 6 heteroatoms. The summed E-state index contributed by atoms with van der Waals surface area (Å²) in [5.74, 6) is 0.676. The van der Waals surface area contributed by atoms with Gasteiger partial charge in [-0.3, -0.25) is 0 Å². The molecule has 2 aromatic rings. The van der Waals surface area contributed by atoms with Crippen molar-refractivity contribution in [3.05, 3.63) is 41.9 Å². The molecule has 114 valence electrons. The number of rotatable bonds is 5. The van der Waals surface area contributed by atoms with Gasteiger partial charge in [0, 0.05) is 24.6 Å². The number of aromatic amines is 1. The van der Waals surface area contributed by atoms with E-state index in [1.807, 2.05) is 13.8 Å². The van der Waals surface area contributed by atoms with Crippen molar-refractivity contribution < 1.29 is 13.2 Å². The highest BCUT2D eigenvalue weighted by Crippen LogP contribution is 2.36. The molecule has 0 atom stereocenters. The highest BCUT2D eigenvalue weighted by molar-refractivity contribution is 5.64. The molecule has 1 aromatic carbocycles. The predicted molar refractivity (Wildman–Crippen MR) is 75.9 cm³/mol. The number of H-pyrrole nitrogens is 1. The molecule has 0 aliphatic rings. The average Bonchev–Trinajstić information content (AvgIpc) is 2.86. The first-order chi connectivity index (χ1) is 9.88. The molecular weight excluding hydrogens is 279 g/mol. The summed E-state index contributed by atoms with van der Waals surface area (Å²) in [5.41, 5.74) is -0.136. The number of benzene rings is 1. The maximum atomic E-state index is 13.0. The monoisotopic (exact) mass is 297 g/mol. The van der Waals surface area contributed by atoms with Gasteiger partial charge in [-0.15, -0.1) is 0 Å². The Morgan fingerprint density at radius 3 is 2.62 bits per heavy atom. The smallest absolute Gasteiger partial charge is 0.342 e. The van der Waals surface area contributed by atoms with Gasteiger partial charge in [-0.25, -0.2) is 4.98 Å². The number of aromatic nitrogens is 2. The lowest BCUT2D eigenvalue weighted by atomic mass is 10.1. The molecule has 0 radical (unpaired) electrons. The summed E-state index contributed by atoms with van der Waals surface area (Å²) in [6, 6.07) is 5.87. The number of imidazole rings is 1. The summed E-state index contributed by atoms with van der Waals surface area (Å²) >= 11 is 0. The van der Waals surface area contributed by atoms with E-state index in [1.54, 1.807) is 6.07 Å². The van der Waals surface area contributed by atoms with Gasteiger partial charge in [-0.2, -0.15) is 13.2 Å². The van der Waals surface area contributed by atoms with Gasteiger partial charge in [0.15, 0.2) is 0 Å². The normalized spacial score (nSPS) is 12.1.